The van der Waals surface area contributed by atoms with Gasteiger partial charge in [-0.1, -0.05) is 26.2 Å². The number of H-pyrrole nitrogens is 1. The van der Waals surface area contributed by atoms with Crippen LogP contribution in [0.5, 0.6) is 0 Å². The lowest BCUT2D eigenvalue weighted by Gasteiger charge is -2.36. The number of benzene rings is 1. The van der Waals surface area contributed by atoms with Crippen molar-refractivity contribution in [2.75, 3.05) is 6.61 Å². The number of aromatic nitrogens is 5. The van der Waals surface area contributed by atoms with Gasteiger partial charge in [0.15, 0.2) is 5.82 Å². The Morgan fingerprint density at radius 3 is 2.69 bits per heavy atom. The van der Waals surface area contributed by atoms with Gasteiger partial charge in [-0.25, -0.2) is 4.68 Å². The Morgan fingerprint density at radius 2 is 1.94 bits per heavy atom. The molecule has 5 rings (SSSR count). The SMILES string of the molecule is CCC[C@H](c1nnnn1C[C@@H]1CCCO1)N(Cc1cc2cc(C)c(C)cc2[nH]c1=O)C1CCCC1. The van der Waals surface area contributed by atoms with Crippen LogP contribution in [0, 0.1) is 13.8 Å². The highest BCUT2D eigenvalue weighted by molar-refractivity contribution is 5.80. The van der Waals surface area contributed by atoms with Gasteiger partial charge in [0, 0.05) is 30.3 Å². The molecule has 0 amide bonds. The molecule has 8 heteroatoms. The van der Waals surface area contributed by atoms with Gasteiger partial charge in [-0.15, -0.1) is 5.10 Å². The van der Waals surface area contributed by atoms with Crippen LogP contribution in [0.4, 0.5) is 0 Å². The number of nitrogens with zero attached hydrogens (tertiary/aromatic N) is 5. The lowest BCUT2D eigenvalue weighted by molar-refractivity contribution is 0.0828. The van der Waals surface area contributed by atoms with Crippen LogP contribution in [-0.4, -0.2) is 48.8 Å². The van der Waals surface area contributed by atoms with E-state index in [0.29, 0.717) is 19.1 Å². The van der Waals surface area contributed by atoms with Crippen molar-refractivity contribution < 1.29 is 4.74 Å². The second kappa shape index (κ2) is 10.6. The van der Waals surface area contributed by atoms with Crippen molar-refractivity contribution >= 4 is 10.9 Å². The smallest absolute Gasteiger partial charge is 0.252 e. The molecule has 1 saturated carbocycles. The number of rotatable bonds is 9. The summed E-state index contributed by atoms with van der Waals surface area (Å²) >= 11 is 0. The Balaban J connectivity index is 1.50. The second-order valence-corrected chi connectivity index (χ2v) is 10.4. The summed E-state index contributed by atoms with van der Waals surface area (Å²) in [6.45, 7) is 8.52. The molecule has 2 aliphatic rings. The highest BCUT2D eigenvalue weighted by atomic mass is 16.5. The molecule has 0 unspecified atom stereocenters. The monoisotopic (exact) mass is 478 g/mol. The molecule has 1 aromatic carbocycles. The van der Waals surface area contributed by atoms with Gasteiger partial charge in [0.05, 0.1) is 18.7 Å². The van der Waals surface area contributed by atoms with Gasteiger partial charge in [-0.3, -0.25) is 9.69 Å². The van der Waals surface area contributed by atoms with E-state index in [4.69, 9.17) is 4.74 Å². The molecule has 1 saturated heterocycles. The van der Waals surface area contributed by atoms with Crippen LogP contribution in [0.15, 0.2) is 23.0 Å². The first-order valence-electron chi connectivity index (χ1n) is 13.3. The first kappa shape index (κ1) is 24.1. The number of nitrogens with one attached hydrogen (secondary N) is 1. The van der Waals surface area contributed by atoms with Crippen molar-refractivity contribution in [1.82, 2.24) is 30.1 Å². The third-order valence-corrected chi connectivity index (χ3v) is 7.90. The van der Waals surface area contributed by atoms with Crippen LogP contribution in [0.2, 0.25) is 0 Å². The van der Waals surface area contributed by atoms with Gasteiger partial charge in [0.25, 0.3) is 5.56 Å². The van der Waals surface area contributed by atoms with Crippen LogP contribution in [0.3, 0.4) is 0 Å². The molecule has 8 nitrogen and oxygen atoms in total. The topological polar surface area (TPSA) is 88.9 Å². The molecule has 1 N–H and O–H groups in total. The molecule has 1 aliphatic carbocycles. The van der Waals surface area contributed by atoms with Gasteiger partial charge in [0.1, 0.15) is 0 Å². The minimum atomic E-state index is -0.00190. The lowest BCUT2D eigenvalue weighted by atomic mass is 10.0. The lowest BCUT2D eigenvalue weighted by Crippen LogP contribution is -2.39. The van der Waals surface area contributed by atoms with Gasteiger partial charge in [-0.2, -0.15) is 0 Å². The number of ether oxygens (including phenoxy) is 1. The Hall–Kier alpha value is -2.58. The molecule has 1 aliphatic heterocycles. The van der Waals surface area contributed by atoms with Crippen LogP contribution in [-0.2, 0) is 17.8 Å². The molecule has 35 heavy (non-hydrogen) atoms. The average molecular weight is 479 g/mol. The summed E-state index contributed by atoms with van der Waals surface area (Å²) in [6, 6.07) is 6.82. The zero-order valence-corrected chi connectivity index (χ0v) is 21.3. The van der Waals surface area contributed by atoms with Crippen LogP contribution in [0.1, 0.15) is 86.8 Å². The molecular formula is C27H38N6O2. The maximum atomic E-state index is 13.2. The minimum Gasteiger partial charge on any atom is -0.376 e. The average Bonchev–Trinajstić information content (AvgIpc) is 3.62. The summed E-state index contributed by atoms with van der Waals surface area (Å²) in [5, 5.41) is 14.0. The number of aromatic amines is 1. The van der Waals surface area contributed by atoms with E-state index in [1.54, 1.807) is 0 Å². The maximum absolute atomic E-state index is 13.2. The van der Waals surface area contributed by atoms with E-state index in [1.807, 2.05) is 4.68 Å². The number of fused-ring (bicyclic) bond motifs is 1. The van der Waals surface area contributed by atoms with E-state index in [2.05, 4.69) is 64.4 Å². The summed E-state index contributed by atoms with van der Waals surface area (Å²) in [6.07, 6.45) is 9.05. The zero-order valence-electron chi connectivity index (χ0n) is 21.3. The van der Waals surface area contributed by atoms with E-state index in [9.17, 15) is 4.79 Å². The number of aryl methyl sites for hydroxylation is 2. The second-order valence-electron chi connectivity index (χ2n) is 10.4. The van der Waals surface area contributed by atoms with Crippen molar-refractivity contribution in [3.63, 3.8) is 0 Å². The fraction of sp³-hybridized carbons (Fsp3) is 0.630. The summed E-state index contributed by atoms with van der Waals surface area (Å²) < 4.78 is 7.83. The van der Waals surface area contributed by atoms with E-state index in [-0.39, 0.29) is 17.7 Å². The van der Waals surface area contributed by atoms with Crippen LogP contribution in [0.25, 0.3) is 10.9 Å². The molecule has 188 valence electrons. The van der Waals surface area contributed by atoms with Crippen molar-refractivity contribution in [2.45, 2.75) is 103 Å². The largest absolute Gasteiger partial charge is 0.376 e. The van der Waals surface area contributed by atoms with E-state index in [1.165, 1.54) is 24.0 Å². The van der Waals surface area contributed by atoms with E-state index < -0.39 is 0 Å². The first-order valence-corrected chi connectivity index (χ1v) is 13.3. The number of pyridine rings is 1. The highest BCUT2D eigenvalue weighted by Gasteiger charge is 2.33. The normalized spacial score (nSPS) is 19.8. The summed E-state index contributed by atoms with van der Waals surface area (Å²) in [5.74, 6) is 0.901. The number of hydrogen-bond donors (Lipinski definition) is 1. The molecule has 0 radical (unpaired) electrons. The highest BCUT2D eigenvalue weighted by Crippen LogP contribution is 2.34. The molecule has 2 fully saturated rings. The van der Waals surface area contributed by atoms with Crippen molar-refractivity contribution in [3.8, 4) is 0 Å². The van der Waals surface area contributed by atoms with E-state index >= 15 is 0 Å². The van der Waals surface area contributed by atoms with Crippen LogP contribution < -0.4 is 5.56 Å². The Morgan fingerprint density at radius 1 is 1.14 bits per heavy atom. The fourth-order valence-electron chi connectivity index (χ4n) is 5.84. The van der Waals surface area contributed by atoms with Gasteiger partial charge in [0.2, 0.25) is 0 Å². The third kappa shape index (κ3) is 5.19. The summed E-state index contributed by atoms with van der Waals surface area (Å²) in [5.41, 5.74) is 4.14. The minimum absolute atomic E-state index is 0.00190. The predicted octanol–water partition coefficient (Wildman–Crippen LogP) is 4.60. The zero-order chi connectivity index (χ0) is 24.4. The van der Waals surface area contributed by atoms with E-state index in [0.717, 1.165) is 67.4 Å². The maximum Gasteiger partial charge on any atom is 0.252 e. The molecule has 2 atom stereocenters. The Labute approximate surface area is 207 Å². The number of hydrogen-bond acceptors (Lipinski definition) is 6. The molecule has 3 aromatic rings. The summed E-state index contributed by atoms with van der Waals surface area (Å²) in [4.78, 5) is 18.9. The van der Waals surface area contributed by atoms with Gasteiger partial charge in [-0.05, 0) is 91.1 Å². The van der Waals surface area contributed by atoms with Gasteiger partial charge < -0.3 is 9.72 Å². The first-order chi connectivity index (χ1) is 17.0. The van der Waals surface area contributed by atoms with Crippen molar-refractivity contribution in [3.05, 3.63) is 51.1 Å². The molecule has 0 bridgehead atoms. The molecular weight excluding hydrogens is 440 g/mol. The quantitative estimate of drug-likeness (QED) is 0.484. The Bertz CT molecular complexity index is 1210. The fourth-order valence-corrected chi connectivity index (χ4v) is 5.84. The van der Waals surface area contributed by atoms with Gasteiger partial charge >= 0.3 is 0 Å². The standard InChI is InChI=1S/C27H38N6O2/c1-4-8-25(26-29-30-31-33(26)17-23-11-7-12-35-23)32(22-9-5-6-10-22)16-21-15-20-13-18(2)19(3)14-24(20)28-27(21)34/h13-15,22-23,25H,4-12,16-17H2,1-3H3,(H,28,34)/t23-,25+/m0/s1. The van der Waals surface area contributed by atoms with Crippen molar-refractivity contribution in [2.24, 2.45) is 0 Å². The summed E-state index contributed by atoms with van der Waals surface area (Å²) in [7, 11) is 0. The number of tetrazole rings is 1. The molecule has 0 spiro atoms. The molecule has 2 aromatic heterocycles. The predicted molar refractivity (Wildman–Crippen MR) is 136 cm³/mol. The third-order valence-electron chi connectivity index (χ3n) is 7.90. The van der Waals surface area contributed by atoms with Crippen molar-refractivity contribution in [1.29, 1.82) is 0 Å². The molecule has 3 heterocycles. The van der Waals surface area contributed by atoms with Crippen LogP contribution >= 0.6 is 0 Å². The Kier molecular flexibility index (Phi) is 7.29.